The summed E-state index contributed by atoms with van der Waals surface area (Å²) in [4.78, 5) is 40.0. The number of rotatable bonds is 6. The molecule has 0 aliphatic heterocycles. The minimum atomic E-state index is -0.558. The molecule has 0 unspecified atom stereocenters. The van der Waals surface area contributed by atoms with Crippen molar-refractivity contribution in [2.24, 2.45) is 0 Å². The quantitative estimate of drug-likeness (QED) is 0.405. The second-order valence-corrected chi connectivity index (χ2v) is 9.40. The standard InChI is InChI=1S/C26H24N2O5S/c1-2-15-9-10-20-18(12-15)19(29)13-21(33-20)24(30)28-26-23(17-7-3-4-8-22(17)34-26)25(31)27-14-16-6-5-11-32-16/h5-6,9-13H,2-4,7-8,14H2,1H3,(H,27,31)(H,28,30). The van der Waals surface area contributed by atoms with Crippen LogP contribution in [0.3, 0.4) is 0 Å². The number of carbonyl (C=O) groups excluding carboxylic acids is 2. The second kappa shape index (κ2) is 9.30. The second-order valence-electron chi connectivity index (χ2n) is 8.29. The topological polar surface area (TPSA) is 102 Å². The van der Waals surface area contributed by atoms with Crippen LogP contribution >= 0.6 is 11.3 Å². The highest BCUT2D eigenvalue weighted by Crippen LogP contribution is 2.38. The number of furan rings is 1. The van der Waals surface area contributed by atoms with Crippen LogP contribution in [0.15, 0.2) is 56.3 Å². The number of nitrogens with one attached hydrogen (secondary N) is 2. The zero-order chi connectivity index (χ0) is 23.7. The van der Waals surface area contributed by atoms with E-state index in [1.807, 2.05) is 13.0 Å². The minimum Gasteiger partial charge on any atom is -0.467 e. The molecule has 0 atom stereocenters. The average Bonchev–Trinajstić information content (AvgIpc) is 3.49. The van der Waals surface area contributed by atoms with Crippen molar-refractivity contribution in [2.75, 3.05) is 5.32 Å². The third kappa shape index (κ3) is 4.28. The molecule has 3 heterocycles. The summed E-state index contributed by atoms with van der Waals surface area (Å²) in [5, 5.41) is 6.63. The molecule has 0 fully saturated rings. The minimum absolute atomic E-state index is 0.0879. The first-order valence-electron chi connectivity index (χ1n) is 11.4. The van der Waals surface area contributed by atoms with Gasteiger partial charge in [0.15, 0.2) is 11.2 Å². The van der Waals surface area contributed by atoms with Gasteiger partial charge in [0.2, 0.25) is 0 Å². The molecule has 7 nitrogen and oxygen atoms in total. The Morgan fingerprint density at radius 2 is 1.94 bits per heavy atom. The molecule has 1 aliphatic carbocycles. The van der Waals surface area contributed by atoms with Gasteiger partial charge in [0.1, 0.15) is 16.3 Å². The lowest BCUT2D eigenvalue weighted by molar-refractivity contribution is 0.0948. The Bertz CT molecular complexity index is 1430. The Morgan fingerprint density at radius 1 is 1.09 bits per heavy atom. The van der Waals surface area contributed by atoms with E-state index in [0.717, 1.165) is 48.1 Å². The van der Waals surface area contributed by atoms with E-state index in [-0.39, 0.29) is 23.6 Å². The summed E-state index contributed by atoms with van der Waals surface area (Å²) < 4.78 is 11.1. The SMILES string of the molecule is CCc1ccc2oc(C(=O)Nc3sc4c(c3C(=O)NCc3ccco3)CCCC4)cc(=O)c2c1. The predicted molar refractivity (Wildman–Crippen MR) is 131 cm³/mol. The van der Waals surface area contributed by atoms with Crippen LogP contribution in [0.5, 0.6) is 0 Å². The highest BCUT2D eigenvalue weighted by Gasteiger charge is 2.27. The first-order valence-corrected chi connectivity index (χ1v) is 12.2. The lowest BCUT2D eigenvalue weighted by Gasteiger charge is -2.13. The number of anilines is 1. The molecule has 174 valence electrons. The molecule has 1 aromatic carbocycles. The predicted octanol–water partition coefficient (Wildman–Crippen LogP) is 5.07. The van der Waals surface area contributed by atoms with E-state index in [1.54, 1.807) is 30.5 Å². The summed E-state index contributed by atoms with van der Waals surface area (Å²) >= 11 is 1.41. The summed E-state index contributed by atoms with van der Waals surface area (Å²) in [7, 11) is 0. The van der Waals surface area contributed by atoms with Crippen molar-refractivity contribution in [3.63, 3.8) is 0 Å². The van der Waals surface area contributed by atoms with Gasteiger partial charge in [0.25, 0.3) is 11.8 Å². The zero-order valence-electron chi connectivity index (χ0n) is 18.7. The van der Waals surface area contributed by atoms with Gasteiger partial charge in [-0.1, -0.05) is 13.0 Å². The molecule has 1 aliphatic rings. The van der Waals surface area contributed by atoms with Crippen molar-refractivity contribution >= 4 is 39.1 Å². The molecule has 0 saturated carbocycles. The first kappa shape index (κ1) is 22.2. The highest BCUT2D eigenvalue weighted by atomic mass is 32.1. The molecule has 34 heavy (non-hydrogen) atoms. The Balaban J connectivity index is 1.44. The molecule has 0 spiro atoms. The Morgan fingerprint density at radius 3 is 2.74 bits per heavy atom. The first-order chi connectivity index (χ1) is 16.5. The highest BCUT2D eigenvalue weighted by molar-refractivity contribution is 7.17. The van der Waals surface area contributed by atoms with Crippen LogP contribution < -0.4 is 16.1 Å². The van der Waals surface area contributed by atoms with Crippen LogP contribution in [0.2, 0.25) is 0 Å². The number of benzene rings is 1. The lowest BCUT2D eigenvalue weighted by Crippen LogP contribution is -2.25. The molecule has 8 heteroatoms. The maximum atomic E-state index is 13.1. The van der Waals surface area contributed by atoms with Crippen LogP contribution in [-0.2, 0) is 25.8 Å². The third-order valence-electron chi connectivity index (χ3n) is 6.05. The molecule has 0 saturated heterocycles. The van der Waals surface area contributed by atoms with Crippen molar-refractivity contribution in [3.05, 3.63) is 86.0 Å². The molecule has 5 rings (SSSR count). The summed E-state index contributed by atoms with van der Waals surface area (Å²) in [5.74, 6) is -0.266. The van der Waals surface area contributed by atoms with Gasteiger partial charge < -0.3 is 19.5 Å². The molecule has 4 aromatic rings. The number of hydrogen-bond donors (Lipinski definition) is 2. The number of hydrogen-bond acceptors (Lipinski definition) is 6. The number of amides is 2. The van der Waals surface area contributed by atoms with Gasteiger partial charge in [-0.2, -0.15) is 0 Å². The molecular formula is C26H24N2O5S. The van der Waals surface area contributed by atoms with E-state index >= 15 is 0 Å². The molecule has 2 N–H and O–H groups in total. The van der Waals surface area contributed by atoms with Crippen LogP contribution in [0, 0.1) is 0 Å². The fourth-order valence-electron chi connectivity index (χ4n) is 4.26. The summed E-state index contributed by atoms with van der Waals surface area (Å²) in [6.45, 7) is 2.26. The van der Waals surface area contributed by atoms with Crippen LogP contribution in [0.4, 0.5) is 5.00 Å². The molecule has 3 aromatic heterocycles. The fraction of sp³-hybridized carbons (Fsp3) is 0.269. The maximum Gasteiger partial charge on any atom is 0.292 e. The summed E-state index contributed by atoms with van der Waals surface area (Å²) in [5.41, 5.74) is 2.57. The average molecular weight is 477 g/mol. The van der Waals surface area contributed by atoms with Gasteiger partial charge in [0.05, 0.1) is 23.8 Å². The van der Waals surface area contributed by atoms with Crippen LogP contribution in [0.1, 0.15) is 62.4 Å². The monoisotopic (exact) mass is 476 g/mol. The lowest BCUT2D eigenvalue weighted by atomic mass is 9.95. The van der Waals surface area contributed by atoms with Crippen molar-refractivity contribution in [1.82, 2.24) is 5.32 Å². The third-order valence-corrected chi connectivity index (χ3v) is 7.26. The van der Waals surface area contributed by atoms with E-state index in [9.17, 15) is 14.4 Å². The van der Waals surface area contributed by atoms with E-state index in [2.05, 4.69) is 10.6 Å². The number of fused-ring (bicyclic) bond motifs is 2. The van der Waals surface area contributed by atoms with Gasteiger partial charge >= 0.3 is 0 Å². The van der Waals surface area contributed by atoms with Crippen molar-refractivity contribution < 1.29 is 18.4 Å². The fourth-order valence-corrected chi connectivity index (χ4v) is 5.54. The van der Waals surface area contributed by atoms with E-state index in [4.69, 9.17) is 8.83 Å². The van der Waals surface area contributed by atoms with Crippen molar-refractivity contribution in [2.45, 2.75) is 45.6 Å². The van der Waals surface area contributed by atoms with Gasteiger partial charge in [-0.25, -0.2) is 0 Å². The van der Waals surface area contributed by atoms with E-state index in [0.29, 0.717) is 27.3 Å². The molecule has 0 bridgehead atoms. The van der Waals surface area contributed by atoms with Gasteiger partial charge in [-0.3, -0.25) is 14.4 Å². The van der Waals surface area contributed by atoms with Gasteiger partial charge in [-0.05, 0) is 67.5 Å². The largest absolute Gasteiger partial charge is 0.467 e. The zero-order valence-corrected chi connectivity index (χ0v) is 19.6. The van der Waals surface area contributed by atoms with Crippen LogP contribution in [0.25, 0.3) is 11.0 Å². The van der Waals surface area contributed by atoms with E-state index < -0.39 is 5.91 Å². The smallest absolute Gasteiger partial charge is 0.292 e. The number of carbonyl (C=O) groups is 2. The summed E-state index contributed by atoms with van der Waals surface area (Å²) in [6, 6.07) is 10.1. The van der Waals surface area contributed by atoms with Crippen molar-refractivity contribution in [1.29, 1.82) is 0 Å². The molecular weight excluding hydrogens is 452 g/mol. The molecule has 0 radical (unpaired) electrons. The van der Waals surface area contributed by atoms with E-state index in [1.165, 1.54) is 17.4 Å². The number of thiophene rings is 1. The van der Waals surface area contributed by atoms with Crippen molar-refractivity contribution in [3.8, 4) is 0 Å². The number of aryl methyl sites for hydroxylation is 2. The maximum absolute atomic E-state index is 13.1. The van der Waals surface area contributed by atoms with Gasteiger partial charge in [0, 0.05) is 10.9 Å². The molecule has 2 amide bonds. The summed E-state index contributed by atoms with van der Waals surface area (Å²) in [6.07, 6.45) is 6.06. The Kier molecular flexibility index (Phi) is 6.06. The van der Waals surface area contributed by atoms with Gasteiger partial charge in [-0.15, -0.1) is 11.3 Å². The Labute approximate surface area is 199 Å². The van der Waals surface area contributed by atoms with Crippen LogP contribution in [-0.4, -0.2) is 11.8 Å². The normalized spacial score (nSPS) is 13.0. The Hall–Kier alpha value is -3.65.